The number of anilines is 2. The lowest BCUT2D eigenvalue weighted by Crippen LogP contribution is -2.14. The van der Waals surface area contributed by atoms with E-state index in [1.165, 1.54) is 24.4 Å². The third-order valence-corrected chi connectivity index (χ3v) is 5.97. The van der Waals surface area contributed by atoms with Gasteiger partial charge >= 0.3 is 0 Å². The number of carbonyl (C=O) groups excluding carboxylic acids is 1. The van der Waals surface area contributed by atoms with Gasteiger partial charge in [0.05, 0.1) is 9.92 Å². The molecule has 7 nitrogen and oxygen atoms in total. The Morgan fingerprint density at radius 1 is 1.19 bits per heavy atom. The number of sulfone groups is 1. The van der Waals surface area contributed by atoms with Gasteiger partial charge in [0.15, 0.2) is 21.4 Å². The molecule has 0 aliphatic heterocycles. The monoisotopic (exact) mass is 459 g/mol. The molecule has 9 heteroatoms. The van der Waals surface area contributed by atoms with Gasteiger partial charge in [0, 0.05) is 29.8 Å². The van der Waals surface area contributed by atoms with Crippen LogP contribution >= 0.6 is 11.6 Å². The van der Waals surface area contributed by atoms with Crippen LogP contribution in [0.25, 0.3) is 0 Å². The average molecular weight is 460 g/mol. The number of hydrogen-bond donors (Lipinski definition) is 2. The number of halogens is 1. The van der Waals surface area contributed by atoms with Crippen LogP contribution in [0.15, 0.2) is 59.6 Å². The lowest BCUT2D eigenvalue weighted by molar-refractivity contribution is 0.102. The lowest BCUT2D eigenvalue weighted by Gasteiger charge is -2.19. The summed E-state index contributed by atoms with van der Waals surface area (Å²) in [5.41, 5.74) is 8.44. The Kier molecular flexibility index (Phi) is 6.52. The number of nitrogens with one attached hydrogen (secondary N) is 1. The van der Waals surface area contributed by atoms with E-state index in [-0.39, 0.29) is 16.3 Å². The Bertz CT molecular complexity index is 1250. The number of aryl methyl sites for hydroxylation is 1. The SMILES string of the molecule is Cc1ccc(NC(=O)c2cccc(S(C)(=O)=O)c2)cc1[C@@H](C)Oc1cc(Cl)cnc1N. The van der Waals surface area contributed by atoms with Crippen LogP contribution in [0.1, 0.15) is 34.5 Å². The number of hydrogen-bond acceptors (Lipinski definition) is 6. The van der Waals surface area contributed by atoms with Crippen LogP contribution in [0.5, 0.6) is 5.75 Å². The molecule has 0 spiro atoms. The number of aromatic nitrogens is 1. The number of nitrogens with two attached hydrogens (primary N) is 1. The minimum absolute atomic E-state index is 0.0829. The molecule has 0 saturated carbocycles. The van der Waals surface area contributed by atoms with Crippen LogP contribution in [-0.4, -0.2) is 25.6 Å². The smallest absolute Gasteiger partial charge is 0.255 e. The minimum Gasteiger partial charge on any atom is -0.482 e. The van der Waals surface area contributed by atoms with Gasteiger partial charge in [0.2, 0.25) is 0 Å². The summed E-state index contributed by atoms with van der Waals surface area (Å²) >= 11 is 5.97. The van der Waals surface area contributed by atoms with E-state index in [4.69, 9.17) is 22.1 Å². The molecule has 0 unspecified atom stereocenters. The number of ether oxygens (including phenoxy) is 1. The fourth-order valence-electron chi connectivity index (χ4n) is 3.01. The highest BCUT2D eigenvalue weighted by atomic mass is 35.5. The third-order valence-electron chi connectivity index (χ3n) is 4.65. The second kappa shape index (κ2) is 8.95. The van der Waals surface area contributed by atoms with Gasteiger partial charge in [-0.25, -0.2) is 13.4 Å². The van der Waals surface area contributed by atoms with E-state index < -0.39 is 21.8 Å². The van der Waals surface area contributed by atoms with E-state index >= 15 is 0 Å². The van der Waals surface area contributed by atoms with Crippen molar-refractivity contribution in [2.24, 2.45) is 0 Å². The van der Waals surface area contributed by atoms with Crippen molar-refractivity contribution in [1.29, 1.82) is 0 Å². The normalized spacial score (nSPS) is 12.3. The summed E-state index contributed by atoms with van der Waals surface area (Å²) in [6.07, 6.45) is 2.14. The van der Waals surface area contributed by atoms with E-state index in [9.17, 15) is 13.2 Å². The molecule has 0 radical (unpaired) electrons. The van der Waals surface area contributed by atoms with Gasteiger partial charge in [-0.3, -0.25) is 4.79 Å². The molecule has 1 aromatic heterocycles. The number of pyridine rings is 1. The summed E-state index contributed by atoms with van der Waals surface area (Å²) in [5.74, 6) is 0.174. The first-order chi connectivity index (χ1) is 14.5. The molecular formula is C22H22ClN3O4S. The Labute approximate surface area is 186 Å². The molecule has 162 valence electrons. The van der Waals surface area contributed by atoms with Crippen molar-refractivity contribution in [2.45, 2.75) is 24.8 Å². The fraction of sp³-hybridized carbons (Fsp3) is 0.182. The summed E-state index contributed by atoms with van der Waals surface area (Å²) in [6.45, 7) is 3.78. The quantitative estimate of drug-likeness (QED) is 0.564. The molecule has 0 aliphatic rings. The molecule has 3 N–H and O–H groups in total. The van der Waals surface area contributed by atoms with Crippen molar-refractivity contribution >= 4 is 38.9 Å². The Morgan fingerprint density at radius 2 is 1.94 bits per heavy atom. The summed E-state index contributed by atoms with van der Waals surface area (Å²) in [4.78, 5) is 16.7. The van der Waals surface area contributed by atoms with Crippen molar-refractivity contribution in [3.63, 3.8) is 0 Å². The first-order valence-electron chi connectivity index (χ1n) is 9.34. The van der Waals surface area contributed by atoms with Gasteiger partial charge in [-0.2, -0.15) is 0 Å². The molecule has 0 fully saturated rings. The summed E-state index contributed by atoms with van der Waals surface area (Å²) < 4.78 is 29.4. The van der Waals surface area contributed by atoms with E-state index in [1.54, 1.807) is 24.3 Å². The number of amides is 1. The first kappa shape index (κ1) is 22.6. The number of benzene rings is 2. The average Bonchev–Trinajstić information content (AvgIpc) is 2.71. The highest BCUT2D eigenvalue weighted by Gasteiger charge is 2.16. The van der Waals surface area contributed by atoms with Crippen molar-refractivity contribution in [2.75, 3.05) is 17.3 Å². The maximum atomic E-state index is 12.7. The highest BCUT2D eigenvalue weighted by molar-refractivity contribution is 7.90. The van der Waals surface area contributed by atoms with Gasteiger partial charge in [-0.15, -0.1) is 0 Å². The molecule has 0 bridgehead atoms. The maximum Gasteiger partial charge on any atom is 0.255 e. The molecule has 0 aliphatic carbocycles. The zero-order valence-corrected chi connectivity index (χ0v) is 18.8. The second-order valence-corrected chi connectivity index (χ2v) is 9.57. The van der Waals surface area contributed by atoms with E-state index in [0.29, 0.717) is 16.5 Å². The lowest BCUT2D eigenvalue weighted by atomic mass is 10.0. The van der Waals surface area contributed by atoms with Gasteiger partial charge in [-0.1, -0.05) is 23.7 Å². The predicted molar refractivity (Wildman–Crippen MR) is 121 cm³/mol. The molecular weight excluding hydrogens is 438 g/mol. The van der Waals surface area contributed by atoms with Crippen LogP contribution in [-0.2, 0) is 9.84 Å². The molecule has 31 heavy (non-hydrogen) atoms. The van der Waals surface area contributed by atoms with Crippen LogP contribution in [0.2, 0.25) is 5.02 Å². The zero-order valence-electron chi connectivity index (χ0n) is 17.2. The number of rotatable bonds is 6. The molecule has 2 aromatic carbocycles. The van der Waals surface area contributed by atoms with E-state index in [2.05, 4.69) is 10.3 Å². The van der Waals surface area contributed by atoms with Crippen molar-refractivity contribution in [3.8, 4) is 5.75 Å². The van der Waals surface area contributed by atoms with Crippen LogP contribution in [0, 0.1) is 6.92 Å². The summed E-state index contributed by atoms with van der Waals surface area (Å²) in [7, 11) is -3.41. The summed E-state index contributed by atoms with van der Waals surface area (Å²) in [5, 5.41) is 3.20. The van der Waals surface area contributed by atoms with E-state index in [0.717, 1.165) is 17.4 Å². The molecule has 3 rings (SSSR count). The number of carbonyl (C=O) groups is 1. The summed E-state index contributed by atoms with van der Waals surface area (Å²) in [6, 6.07) is 12.9. The topological polar surface area (TPSA) is 111 Å². The van der Waals surface area contributed by atoms with Crippen molar-refractivity contribution in [1.82, 2.24) is 4.98 Å². The van der Waals surface area contributed by atoms with Gasteiger partial charge in [-0.05, 0) is 55.3 Å². The zero-order chi connectivity index (χ0) is 22.8. The van der Waals surface area contributed by atoms with Crippen molar-refractivity contribution < 1.29 is 17.9 Å². The van der Waals surface area contributed by atoms with E-state index in [1.807, 2.05) is 19.9 Å². The molecule has 1 amide bonds. The van der Waals surface area contributed by atoms with Gasteiger partial charge < -0.3 is 15.8 Å². The second-order valence-electron chi connectivity index (χ2n) is 7.12. The molecule has 1 atom stereocenters. The Morgan fingerprint density at radius 3 is 2.65 bits per heavy atom. The van der Waals surface area contributed by atoms with Gasteiger partial charge in [0.1, 0.15) is 6.10 Å². The fourth-order valence-corrected chi connectivity index (χ4v) is 3.82. The van der Waals surface area contributed by atoms with Gasteiger partial charge in [0.25, 0.3) is 5.91 Å². The first-order valence-corrected chi connectivity index (χ1v) is 11.6. The molecule has 3 aromatic rings. The van der Waals surface area contributed by atoms with Crippen LogP contribution in [0.4, 0.5) is 11.5 Å². The predicted octanol–water partition coefficient (Wildman–Crippen LogP) is 4.42. The largest absolute Gasteiger partial charge is 0.482 e. The standard InChI is InChI=1S/C22H22ClN3O4S/c1-13-7-8-17(26-22(27)15-5-4-6-18(9-15)31(3,28)29)11-19(13)14(2)30-20-10-16(23)12-25-21(20)24/h4-12,14H,1-3H3,(H2,24,25)(H,26,27)/t14-/m1/s1. The molecule has 1 heterocycles. The Hall–Kier alpha value is -3.10. The van der Waals surface area contributed by atoms with Crippen LogP contribution in [0.3, 0.4) is 0 Å². The maximum absolute atomic E-state index is 12.7. The van der Waals surface area contributed by atoms with Crippen LogP contribution < -0.4 is 15.8 Å². The third kappa shape index (κ3) is 5.53. The number of nitrogens with zero attached hydrogens (tertiary/aromatic N) is 1. The minimum atomic E-state index is -3.41. The molecule has 0 saturated heterocycles. The van der Waals surface area contributed by atoms with Crippen molar-refractivity contribution in [3.05, 3.63) is 76.4 Å². The number of nitrogen functional groups attached to an aromatic ring is 1. The highest BCUT2D eigenvalue weighted by Crippen LogP contribution is 2.30. The Balaban J connectivity index is 1.82.